The number of hydrogen-bond donors (Lipinski definition) is 1. The zero-order chi connectivity index (χ0) is 14.4. The van der Waals surface area contributed by atoms with E-state index < -0.39 is 5.97 Å². The fourth-order valence-corrected chi connectivity index (χ4v) is 1.56. The molecule has 0 bridgehead atoms. The number of esters is 1. The van der Waals surface area contributed by atoms with Gasteiger partial charge in [0.05, 0.1) is 7.11 Å². The Morgan fingerprint density at radius 1 is 1.10 bits per heavy atom. The fourth-order valence-electron chi connectivity index (χ4n) is 1.56. The van der Waals surface area contributed by atoms with E-state index in [1.54, 1.807) is 36.4 Å². The molecule has 20 heavy (non-hydrogen) atoms. The molecule has 0 aliphatic rings. The van der Waals surface area contributed by atoms with E-state index in [0.717, 1.165) is 5.56 Å². The number of aromatic hydroxyl groups is 1. The van der Waals surface area contributed by atoms with E-state index in [9.17, 15) is 9.90 Å². The first-order valence-corrected chi connectivity index (χ1v) is 6.00. The third-order valence-corrected chi connectivity index (χ3v) is 2.54. The van der Waals surface area contributed by atoms with Gasteiger partial charge in [0, 0.05) is 6.08 Å². The van der Waals surface area contributed by atoms with Crippen molar-refractivity contribution in [2.75, 3.05) is 7.11 Å². The van der Waals surface area contributed by atoms with Gasteiger partial charge in [-0.15, -0.1) is 0 Å². The van der Waals surface area contributed by atoms with E-state index in [-0.39, 0.29) is 5.75 Å². The maximum absolute atomic E-state index is 11.0. The molecule has 0 fully saturated rings. The molecule has 0 amide bonds. The maximum atomic E-state index is 11.0. The lowest BCUT2D eigenvalue weighted by Gasteiger charge is -2.06. The lowest BCUT2D eigenvalue weighted by molar-refractivity contribution is -0.134. The van der Waals surface area contributed by atoms with Crippen molar-refractivity contribution < 1.29 is 19.4 Å². The van der Waals surface area contributed by atoms with Gasteiger partial charge >= 0.3 is 5.97 Å². The van der Waals surface area contributed by atoms with E-state index in [0.29, 0.717) is 11.5 Å². The largest absolute Gasteiger partial charge is 0.508 e. The van der Waals surface area contributed by atoms with Crippen LogP contribution in [0.25, 0.3) is 6.08 Å². The van der Waals surface area contributed by atoms with Crippen LogP contribution in [0.3, 0.4) is 0 Å². The van der Waals surface area contributed by atoms with Crippen molar-refractivity contribution >= 4 is 12.0 Å². The highest BCUT2D eigenvalue weighted by Crippen LogP contribution is 2.24. The van der Waals surface area contributed by atoms with Gasteiger partial charge in [0.15, 0.2) is 0 Å². The summed E-state index contributed by atoms with van der Waals surface area (Å²) in [5.41, 5.74) is 0.826. The molecular weight excluding hydrogens is 256 g/mol. The molecule has 0 saturated carbocycles. The molecule has 0 radical (unpaired) electrons. The Labute approximate surface area is 116 Å². The summed E-state index contributed by atoms with van der Waals surface area (Å²) in [4.78, 5) is 11.0. The number of ether oxygens (including phenoxy) is 2. The Hall–Kier alpha value is -2.75. The van der Waals surface area contributed by atoms with Crippen LogP contribution in [0.15, 0.2) is 54.6 Å². The normalized spacial score (nSPS) is 10.4. The van der Waals surface area contributed by atoms with Crippen LogP contribution < -0.4 is 4.74 Å². The monoisotopic (exact) mass is 270 g/mol. The summed E-state index contributed by atoms with van der Waals surface area (Å²) in [5.74, 6) is 1.04. The predicted molar refractivity (Wildman–Crippen MR) is 75.7 cm³/mol. The molecule has 2 aromatic carbocycles. The maximum Gasteiger partial charge on any atom is 0.330 e. The summed E-state index contributed by atoms with van der Waals surface area (Å²) in [6.07, 6.45) is 3.00. The van der Waals surface area contributed by atoms with Gasteiger partial charge in [0.1, 0.15) is 17.2 Å². The molecule has 0 heterocycles. The molecular formula is C16H14O4. The van der Waals surface area contributed by atoms with Gasteiger partial charge in [0.25, 0.3) is 0 Å². The van der Waals surface area contributed by atoms with Crippen LogP contribution in [-0.4, -0.2) is 18.2 Å². The standard InChI is InChI=1S/C16H14O4/c1-19-16(18)10-5-12-3-2-4-15(11-12)20-14-8-6-13(17)7-9-14/h2-11,17H,1H3/b10-5+. The third-order valence-electron chi connectivity index (χ3n) is 2.54. The van der Waals surface area contributed by atoms with Gasteiger partial charge in [-0.05, 0) is 48.0 Å². The number of phenolic OH excluding ortho intramolecular Hbond substituents is 1. The third kappa shape index (κ3) is 3.88. The lowest BCUT2D eigenvalue weighted by Crippen LogP contribution is -1.93. The van der Waals surface area contributed by atoms with Crippen LogP contribution in [0, 0.1) is 0 Å². The second kappa shape index (κ2) is 6.43. The summed E-state index contributed by atoms with van der Waals surface area (Å²) < 4.78 is 10.2. The van der Waals surface area contributed by atoms with E-state index in [1.165, 1.54) is 13.2 Å². The van der Waals surface area contributed by atoms with Gasteiger partial charge in [0.2, 0.25) is 0 Å². The van der Waals surface area contributed by atoms with Crippen LogP contribution >= 0.6 is 0 Å². The lowest BCUT2D eigenvalue weighted by atomic mass is 10.2. The topological polar surface area (TPSA) is 55.8 Å². The number of benzene rings is 2. The molecule has 0 spiro atoms. The second-order valence-electron chi connectivity index (χ2n) is 4.02. The van der Waals surface area contributed by atoms with Gasteiger partial charge in [-0.2, -0.15) is 0 Å². The van der Waals surface area contributed by atoms with E-state index >= 15 is 0 Å². The summed E-state index contributed by atoms with van der Waals surface area (Å²) in [5, 5.41) is 9.20. The first-order chi connectivity index (χ1) is 9.67. The van der Waals surface area contributed by atoms with Gasteiger partial charge in [-0.3, -0.25) is 0 Å². The van der Waals surface area contributed by atoms with E-state index in [2.05, 4.69) is 4.74 Å². The Kier molecular flexibility index (Phi) is 4.39. The number of methoxy groups -OCH3 is 1. The molecule has 0 aliphatic carbocycles. The highest BCUT2D eigenvalue weighted by atomic mass is 16.5. The summed E-state index contributed by atoms with van der Waals surface area (Å²) >= 11 is 0. The average molecular weight is 270 g/mol. The van der Waals surface area contributed by atoms with Crippen molar-refractivity contribution in [3.63, 3.8) is 0 Å². The van der Waals surface area contributed by atoms with E-state index in [1.807, 2.05) is 18.2 Å². The summed E-state index contributed by atoms with van der Waals surface area (Å²) in [7, 11) is 1.33. The quantitative estimate of drug-likeness (QED) is 0.683. The number of carbonyl (C=O) groups is 1. The van der Waals surface area contributed by atoms with Crippen LogP contribution in [0.4, 0.5) is 0 Å². The zero-order valence-electron chi connectivity index (χ0n) is 10.9. The van der Waals surface area contributed by atoms with Gasteiger partial charge in [-0.1, -0.05) is 12.1 Å². The molecule has 0 saturated heterocycles. The van der Waals surface area contributed by atoms with Crippen molar-refractivity contribution in [1.82, 2.24) is 0 Å². The first-order valence-electron chi connectivity index (χ1n) is 6.00. The minimum absolute atomic E-state index is 0.187. The van der Waals surface area contributed by atoms with Gasteiger partial charge in [-0.25, -0.2) is 4.79 Å². The number of hydrogen-bond acceptors (Lipinski definition) is 4. The van der Waals surface area contributed by atoms with Crippen molar-refractivity contribution in [3.8, 4) is 17.2 Å². The second-order valence-corrected chi connectivity index (χ2v) is 4.02. The molecule has 1 N–H and O–H groups in total. The van der Waals surface area contributed by atoms with Crippen molar-refractivity contribution in [2.45, 2.75) is 0 Å². The van der Waals surface area contributed by atoms with Crippen LogP contribution in [0.2, 0.25) is 0 Å². The molecule has 2 rings (SSSR count). The molecule has 0 unspecified atom stereocenters. The Balaban J connectivity index is 2.11. The van der Waals surface area contributed by atoms with Gasteiger partial charge < -0.3 is 14.6 Å². The molecule has 2 aromatic rings. The molecule has 4 heteroatoms. The minimum Gasteiger partial charge on any atom is -0.508 e. The van der Waals surface area contributed by atoms with Crippen molar-refractivity contribution in [2.24, 2.45) is 0 Å². The summed E-state index contributed by atoms with van der Waals surface area (Å²) in [6.45, 7) is 0. The van der Waals surface area contributed by atoms with Crippen molar-refractivity contribution in [1.29, 1.82) is 0 Å². The average Bonchev–Trinajstić information content (AvgIpc) is 2.47. The Morgan fingerprint density at radius 3 is 2.55 bits per heavy atom. The molecule has 0 aliphatic heterocycles. The Morgan fingerprint density at radius 2 is 1.85 bits per heavy atom. The minimum atomic E-state index is -0.408. The smallest absolute Gasteiger partial charge is 0.330 e. The highest BCUT2D eigenvalue weighted by Gasteiger charge is 1.99. The van der Waals surface area contributed by atoms with Crippen LogP contribution in [0.1, 0.15) is 5.56 Å². The Bertz CT molecular complexity index is 615. The van der Waals surface area contributed by atoms with E-state index in [4.69, 9.17) is 4.74 Å². The first kappa shape index (κ1) is 13.7. The molecule has 0 atom stereocenters. The zero-order valence-corrected chi connectivity index (χ0v) is 10.9. The molecule has 4 nitrogen and oxygen atoms in total. The predicted octanol–water partition coefficient (Wildman–Crippen LogP) is 3.37. The molecule has 0 aromatic heterocycles. The SMILES string of the molecule is COC(=O)/C=C/c1cccc(Oc2ccc(O)cc2)c1. The fraction of sp³-hybridized carbons (Fsp3) is 0.0625. The number of carbonyl (C=O) groups excluding carboxylic acids is 1. The van der Waals surface area contributed by atoms with Crippen molar-refractivity contribution in [3.05, 3.63) is 60.2 Å². The van der Waals surface area contributed by atoms with Crippen LogP contribution in [0.5, 0.6) is 17.2 Å². The number of rotatable bonds is 4. The molecule has 102 valence electrons. The number of phenols is 1. The highest BCUT2D eigenvalue weighted by molar-refractivity contribution is 5.86. The van der Waals surface area contributed by atoms with Crippen LogP contribution in [-0.2, 0) is 9.53 Å². The summed E-state index contributed by atoms with van der Waals surface area (Å²) in [6, 6.07) is 13.7.